The van der Waals surface area contributed by atoms with Gasteiger partial charge in [-0.05, 0) is 36.3 Å². The Labute approximate surface area is 117 Å². The first-order chi connectivity index (χ1) is 8.74. The van der Waals surface area contributed by atoms with Gasteiger partial charge in [-0.15, -0.1) is 0 Å². The zero-order valence-corrected chi connectivity index (χ0v) is 13.2. The molecule has 0 unspecified atom stereocenters. The van der Waals surface area contributed by atoms with Crippen molar-refractivity contribution < 1.29 is 8.42 Å². The van der Waals surface area contributed by atoms with E-state index in [0.29, 0.717) is 6.54 Å². The Kier molecular flexibility index (Phi) is 5.56. The van der Waals surface area contributed by atoms with Crippen molar-refractivity contribution in [2.75, 3.05) is 12.3 Å². The van der Waals surface area contributed by atoms with E-state index in [2.05, 4.69) is 49.8 Å². The third-order valence-electron chi connectivity index (χ3n) is 3.16. The number of benzene rings is 1. The van der Waals surface area contributed by atoms with Crippen LogP contribution in [0.4, 0.5) is 0 Å². The number of nitrogens with one attached hydrogen (secondary N) is 1. The first-order valence-electron chi connectivity index (χ1n) is 6.81. The summed E-state index contributed by atoms with van der Waals surface area (Å²) in [5, 5.41) is 0. The van der Waals surface area contributed by atoms with Gasteiger partial charge in [0.1, 0.15) is 0 Å². The van der Waals surface area contributed by atoms with Crippen LogP contribution < -0.4 is 4.72 Å². The first-order valence-corrected chi connectivity index (χ1v) is 8.46. The molecule has 0 saturated carbocycles. The molecule has 0 bridgehead atoms. The molecule has 0 amide bonds. The summed E-state index contributed by atoms with van der Waals surface area (Å²) < 4.78 is 25.1. The van der Waals surface area contributed by atoms with E-state index in [1.807, 2.05) is 0 Å². The summed E-state index contributed by atoms with van der Waals surface area (Å²) in [5.41, 5.74) is 2.75. The standard InChI is InChI=1S/C15H25NO2S/c1-5-19(17,18)16-12-6-7-13-8-10-14(11-9-13)15(2,3)4/h8-11,16H,5-7,12H2,1-4H3. The van der Waals surface area contributed by atoms with Crippen molar-refractivity contribution in [3.63, 3.8) is 0 Å². The van der Waals surface area contributed by atoms with Gasteiger partial charge >= 0.3 is 0 Å². The fourth-order valence-corrected chi connectivity index (χ4v) is 2.45. The van der Waals surface area contributed by atoms with Crippen LogP contribution in [0.15, 0.2) is 24.3 Å². The summed E-state index contributed by atoms with van der Waals surface area (Å²) in [6, 6.07) is 8.58. The Morgan fingerprint density at radius 2 is 1.68 bits per heavy atom. The molecular weight excluding hydrogens is 258 g/mol. The van der Waals surface area contributed by atoms with Crippen LogP contribution in [-0.2, 0) is 21.9 Å². The topological polar surface area (TPSA) is 46.2 Å². The van der Waals surface area contributed by atoms with E-state index in [0.717, 1.165) is 12.8 Å². The second-order valence-electron chi connectivity index (χ2n) is 5.85. The zero-order chi connectivity index (χ0) is 14.5. The van der Waals surface area contributed by atoms with Crippen LogP contribution in [0.25, 0.3) is 0 Å². The molecule has 0 aliphatic heterocycles. The number of aryl methyl sites for hydroxylation is 1. The minimum atomic E-state index is -3.05. The summed E-state index contributed by atoms with van der Waals surface area (Å²) in [5.74, 6) is 0.146. The van der Waals surface area contributed by atoms with Crippen LogP contribution in [0.5, 0.6) is 0 Å². The van der Waals surface area contributed by atoms with Crippen molar-refractivity contribution in [2.45, 2.75) is 46.0 Å². The quantitative estimate of drug-likeness (QED) is 0.816. The van der Waals surface area contributed by atoms with Crippen molar-refractivity contribution in [1.82, 2.24) is 4.72 Å². The van der Waals surface area contributed by atoms with E-state index in [1.54, 1.807) is 6.92 Å². The van der Waals surface area contributed by atoms with Crippen LogP contribution in [0, 0.1) is 0 Å². The zero-order valence-electron chi connectivity index (χ0n) is 12.4. The molecule has 0 aromatic heterocycles. The minimum Gasteiger partial charge on any atom is -0.215 e. The van der Waals surface area contributed by atoms with Crippen LogP contribution in [0.2, 0.25) is 0 Å². The van der Waals surface area contributed by atoms with Crippen LogP contribution >= 0.6 is 0 Å². The molecule has 3 nitrogen and oxygen atoms in total. The number of rotatable bonds is 6. The van der Waals surface area contributed by atoms with Gasteiger partial charge in [0.15, 0.2) is 0 Å². The molecule has 19 heavy (non-hydrogen) atoms. The Bertz CT molecular complexity index is 484. The lowest BCUT2D eigenvalue weighted by Gasteiger charge is -2.19. The van der Waals surface area contributed by atoms with E-state index in [-0.39, 0.29) is 11.2 Å². The van der Waals surface area contributed by atoms with Crippen molar-refractivity contribution >= 4 is 10.0 Å². The third kappa shape index (κ3) is 5.74. The van der Waals surface area contributed by atoms with Crippen molar-refractivity contribution in [2.24, 2.45) is 0 Å². The van der Waals surface area contributed by atoms with E-state index in [9.17, 15) is 8.42 Å². The molecule has 0 spiro atoms. The molecule has 1 aromatic rings. The van der Waals surface area contributed by atoms with Gasteiger partial charge in [0.2, 0.25) is 10.0 Å². The molecule has 0 aliphatic rings. The molecule has 1 N–H and O–H groups in total. The van der Waals surface area contributed by atoms with Gasteiger partial charge in [-0.3, -0.25) is 0 Å². The number of hydrogen-bond donors (Lipinski definition) is 1. The summed E-state index contributed by atoms with van der Waals surface area (Å²) in [4.78, 5) is 0. The number of sulfonamides is 1. The molecular formula is C15H25NO2S. The SMILES string of the molecule is CCS(=O)(=O)NCCCc1ccc(C(C)(C)C)cc1. The Hall–Kier alpha value is -0.870. The fourth-order valence-electron chi connectivity index (χ4n) is 1.79. The maximum Gasteiger partial charge on any atom is 0.211 e. The van der Waals surface area contributed by atoms with E-state index < -0.39 is 10.0 Å². The van der Waals surface area contributed by atoms with Crippen molar-refractivity contribution in [1.29, 1.82) is 0 Å². The second kappa shape index (κ2) is 6.53. The van der Waals surface area contributed by atoms with Crippen LogP contribution in [0.1, 0.15) is 45.2 Å². The molecule has 0 aliphatic carbocycles. The van der Waals surface area contributed by atoms with E-state index in [4.69, 9.17) is 0 Å². The lowest BCUT2D eigenvalue weighted by Crippen LogP contribution is -2.26. The largest absolute Gasteiger partial charge is 0.215 e. The molecule has 0 atom stereocenters. The monoisotopic (exact) mass is 283 g/mol. The highest BCUT2D eigenvalue weighted by Gasteiger charge is 2.12. The van der Waals surface area contributed by atoms with Crippen LogP contribution in [-0.4, -0.2) is 20.7 Å². The molecule has 0 radical (unpaired) electrons. The van der Waals surface area contributed by atoms with E-state index >= 15 is 0 Å². The molecule has 1 rings (SSSR count). The summed E-state index contributed by atoms with van der Waals surface area (Å²) >= 11 is 0. The third-order valence-corrected chi connectivity index (χ3v) is 4.57. The van der Waals surface area contributed by atoms with Crippen molar-refractivity contribution in [3.8, 4) is 0 Å². The Morgan fingerprint density at radius 1 is 1.11 bits per heavy atom. The highest BCUT2D eigenvalue weighted by Crippen LogP contribution is 2.22. The fraction of sp³-hybridized carbons (Fsp3) is 0.600. The molecule has 108 valence electrons. The summed E-state index contributed by atoms with van der Waals surface area (Å²) in [7, 11) is -3.05. The molecule has 4 heteroatoms. The highest BCUT2D eigenvalue weighted by molar-refractivity contribution is 7.89. The Balaban J connectivity index is 2.43. The van der Waals surface area contributed by atoms with Gasteiger partial charge in [-0.25, -0.2) is 13.1 Å². The van der Waals surface area contributed by atoms with Gasteiger partial charge in [-0.1, -0.05) is 45.0 Å². The first kappa shape index (κ1) is 16.2. The smallest absolute Gasteiger partial charge is 0.211 e. The maximum absolute atomic E-state index is 11.3. The van der Waals surface area contributed by atoms with Gasteiger partial charge in [0.05, 0.1) is 5.75 Å². The predicted octanol–water partition coefficient (Wildman–Crippen LogP) is 2.86. The summed E-state index contributed by atoms with van der Waals surface area (Å²) in [6.07, 6.45) is 1.73. The lowest BCUT2D eigenvalue weighted by molar-refractivity contribution is 0.580. The molecule has 0 fully saturated rings. The number of hydrogen-bond acceptors (Lipinski definition) is 2. The van der Waals surface area contributed by atoms with Gasteiger partial charge in [0, 0.05) is 6.54 Å². The van der Waals surface area contributed by atoms with Crippen molar-refractivity contribution in [3.05, 3.63) is 35.4 Å². The molecule has 1 aromatic carbocycles. The Morgan fingerprint density at radius 3 is 2.16 bits per heavy atom. The second-order valence-corrected chi connectivity index (χ2v) is 7.94. The van der Waals surface area contributed by atoms with Gasteiger partial charge in [-0.2, -0.15) is 0 Å². The highest BCUT2D eigenvalue weighted by atomic mass is 32.2. The van der Waals surface area contributed by atoms with E-state index in [1.165, 1.54) is 11.1 Å². The average molecular weight is 283 g/mol. The molecule has 0 saturated heterocycles. The normalized spacial score (nSPS) is 12.6. The maximum atomic E-state index is 11.3. The van der Waals surface area contributed by atoms with Gasteiger partial charge in [0.25, 0.3) is 0 Å². The predicted molar refractivity (Wildman–Crippen MR) is 80.9 cm³/mol. The van der Waals surface area contributed by atoms with Gasteiger partial charge < -0.3 is 0 Å². The minimum absolute atomic E-state index is 0.146. The molecule has 0 heterocycles. The van der Waals surface area contributed by atoms with Crippen LogP contribution in [0.3, 0.4) is 0 Å². The summed E-state index contributed by atoms with van der Waals surface area (Å²) in [6.45, 7) is 8.75. The average Bonchev–Trinajstić information content (AvgIpc) is 2.34. The lowest BCUT2D eigenvalue weighted by atomic mass is 9.86.